The average Bonchev–Trinajstić information content (AvgIpc) is 3.00. The predicted octanol–water partition coefficient (Wildman–Crippen LogP) is 4.52. The highest BCUT2D eigenvalue weighted by Crippen LogP contribution is 2.37. The van der Waals surface area contributed by atoms with Crippen LogP contribution in [-0.2, 0) is 11.2 Å². The predicted molar refractivity (Wildman–Crippen MR) is 112 cm³/mol. The molecule has 1 saturated heterocycles. The molecule has 1 aromatic carbocycles. The molecule has 0 spiro atoms. The average molecular weight is 428 g/mol. The number of anilines is 1. The van der Waals surface area contributed by atoms with E-state index in [0.717, 1.165) is 29.4 Å². The van der Waals surface area contributed by atoms with E-state index in [1.807, 2.05) is 24.1 Å². The molecule has 1 unspecified atom stereocenters. The molecule has 1 aliphatic rings. The van der Waals surface area contributed by atoms with E-state index in [1.54, 1.807) is 17.4 Å². The normalized spacial score (nSPS) is 18.3. The Labute approximate surface area is 173 Å². The van der Waals surface area contributed by atoms with Gasteiger partial charge in [-0.3, -0.25) is 9.69 Å². The number of hydrogen-bond donors (Lipinski definition) is 1. The van der Waals surface area contributed by atoms with E-state index < -0.39 is 12.0 Å². The molecule has 2 aromatic rings. The van der Waals surface area contributed by atoms with Gasteiger partial charge in [0.15, 0.2) is 5.13 Å². The largest absolute Gasteiger partial charge is 0.480 e. The first-order chi connectivity index (χ1) is 12.8. The van der Waals surface area contributed by atoms with Gasteiger partial charge < -0.3 is 10.0 Å². The smallest absolute Gasteiger partial charge is 0.322 e. The summed E-state index contributed by atoms with van der Waals surface area (Å²) in [5.41, 5.74) is 1.85. The molecule has 27 heavy (non-hydrogen) atoms. The molecule has 0 radical (unpaired) electrons. The minimum absolute atomic E-state index is 0.432. The fourth-order valence-electron chi connectivity index (χ4n) is 3.17. The molecular weight excluding hydrogens is 405 g/mol. The zero-order valence-electron chi connectivity index (χ0n) is 15.6. The molecule has 1 aromatic heterocycles. The van der Waals surface area contributed by atoms with E-state index in [2.05, 4.69) is 18.7 Å². The zero-order valence-corrected chi connectivity index (χ0v) is 17.9. The number of nitrogens with zero attached hydrogens (tertiary/aromatic N) is 3. The molecule has 1 fully saturated rings. The van der Waals surface area contributed by atoms with Crippen molar-refractivity contribution in [3.05, 3.63) is 33.1 Å². The Kier molecular flexibility index (Phi) is 6.31. The van der Waals surface area contributed by atoms with E-state index in [0.29, 0.717) is 29.1 Å². The third-order valence-corrected chi connectivity index (χ3v) is 6.55. The van der Waals surface area contributed by atoms with Gasteiger partial charge in [-0.25, -0.2) is 4.98 Å². The number of benzene rings is 1. The standard InChI is InChI=1S/C19H23Cl2N3O2S/c1-11(2)8-16-17(12-4-5-13(20)14(21)9-12)22-19(27-16)24-7-6-23(3)15(10-24)18(25)26/h4-5,9,11,15H,6-8,10H2,1-3H3,(H,25,26). The quantitative estimate of drug-likeness (QED) is 0.759. The first-order valence-electron chi connectivity index (χ1n) is 8.89. The number of aromatic nitrogens is 1. The van der Waals surface area contributed by atoms with Gasteiger partial charge in [-0.2, -0.15) is 0 Å². The Morgan fingerprint density at radius 3 is 2.70 bits per heavy atom. The summed E-state index contributed by atoms with van der Waals surface area (Å²) in [5.74, 6) is -0.315. The van der Waals surface area contributed by atoms with Crippen LogP contribution in [0.4, 0.5) is 5.13 Å². The van der Waals surface area contributed by atoms with Crippen LogP contribution in [0.5, 0.6) is 0 Å². The Morgan fingerprint density at radius 1 is 1.33 bits per heavy atom. The second-order valence-corrected chi connectivity index (χ2v) is 9.15. The van der Waals surface area contributed by atoms with Gasteiger partial charge in [0.2, 0.25) is 0 Å². The summed E-state index contributed by atoms with van der Waals surface area (Å²) in [6.45, 7) is 6.23. The topological polar surface area (TPSA) is 56.7 Å². The molecule has 8 heteroatoms. The fraction of sp³-hybridized carbons (Fsp3) is 0.474. The van der Waals surface area contributed by atoms with Crippen LogP contribution in [0, 0.1) is 5.92 Å². The van der Waals surface area contributed by atoms with Crippen LogP contribution in [0.3, 0.4) is 0 Å². The lowest BCUT2D eigenvalue weighted by molar-refractivity contribution is -0.142. The van der Waals surface area contributed by atoms with Gasteiger partial charge in [0.25, 0.3) is 0 Å². The van der Waals surface area contributed by atoms with Gasteiger partial charge >= 0.3 is 5.97 Å². The van der Waals surface area contributed by atoms with Crippen molar-refractivity contribution in [1.29, 1.82) is 0 Å². The van der Waals surface area contributed by atoms with Gasteiger partial charge in [0.05, 0.1) is 15.7 Å². The molecule has 0 saturated carbocycles. The van der Waals surface area contributed by atoms with E-state index in [-0.39, 0.29) is 0 Å². The lowest BCUT2D eigenvalue weighted by Crippen LogP contribution is -2.54. The number of halogens is 2. The second-order valence-electron chi connectivity index (χ2n) is 7.28. The summed E-state index contributed by atoms with van der Waals surface area (Å²) in [6.07, 6.45) is 0.906. The zero-order chi connectivity index (χ0) is 19.7. The third kappa shape index (κ3) is 4.57. The Hall–Kier alpha value is -1.34. The molecule has 146 valence electrons. The molecule has 0 aliphatic carbocycles. The molecular formula is C19H23Cl2N3O2S. The van der Waals surface area contributed by atoms with Crippen molar-refractivity contribution in [1.82, 2.24) is 9.88 Å². The molecule has 1 aliphatic heterocycles. The summed E-state index contributed by atoms with van der Waals surface area (Å²) in [6, 6.07) is 5.04. The highest BCUT2D eigenvalue weighted by atomic mass is 35.5. The first kappa shape index (κ1) is 20.4. The Balaban J connectivity index is 1.96. The van der Waals surface area contributed by atoms with E-state index >= 15 is 0 Å². The minimum atomic E-state index is -0.800. The Morgan fingerprint density at radius 2 is 2.07 bits per heavy atom. The van der Waals surface area contributed by atoms with Crippen LogP contribution in [0.25, 0.3) is 11.3 Å². The number of carboxylic acids is 1. The minimum Gasteiger partial charge on any atom is -0.480 e. The van der Waals surface area contributed by atoms with Gasteiger partial charge in [0.1, 0.15) is 6.04 Å². The molecule has 2 heterocycles. The number of thiazole rings is 1. The summed E-state index contributed by atoms with van der Waals surface area (Å²) in [7, 11) is 1.85. The van der Waals surface area contributed by atoms with Crippen LogP contribution in [0.2, 0.25) is 10.0 Å². The van der Waals surface area contributed by atoms with Crippen molar-refractivity contribution in [2.45, 2.75) is 26.3 Å². The third-order valence-electron chi connectivity index (χ3n) is 4.68. The van der Waals surface area contributed by atoms with Crippen LogP contribution >= 0.6 is 34.5 Å². The van der Waals surface area contributed by atoms with Crippen LogP contribution < -0.4 is 4.90 Å². The molecule has 1 N–H and O–H groups in total. The Bertz CT molecular complexity index is 840. The SMILES string of the molecule is CC(C)Cc1sc(N2CCN(C)C(C(=O)O)C2)nc1-c1ccc(Cl)c(Cl)c1. The lowest BCUT2D eigenvalue weighted by Gasteiger charge is -2.37. The van der Waals surface area contributed by atoms with Crippen LogP contribution in [0.1, 0.15) is 18.7 Å². The lowest BCUT2D eigenvalue weighted by atomic mass is 10.0. The molecule has 0 bridgehead atoms. The van der Waals surface area contributed by atoms with E-state index in [4.69, 9.17) is 28.2 Å². The summed E-state index contributed by atoms with van der Waals surface area (Å²) < 4.78 is 0. The van der Waals surface area contributed by atoms with Crippen molar-refractivity contribution >= 4 is 45.6 Å². The number of carboxylic acid groups (broad SMARTS) is 1. The molecule has 3 rings (SSSR count). The summed E-state index contributed by atoms with van der Waals surface area (Å²) in [5, 5.41) is 11.4. The van der Waals surface area contributed by atoms with Crippen molar-refractivity contribution in [3.63, 3.8) is 0 Å². The molecule has 5 nitrogen and oxygen atoms in total. The fourth-order valence-corrected chi connectivity index (χ4v) is 4.79. The number of aliphatic carboxylic acids is 1. The number of piperazine rings is 1. The summed E-state index contributed by atoms with van der Waals surface area (Å²) in [4.78, 5) is 21.6. The molecule has 0 amide bonds. The van der Waals surface area contributed by atoms with Crippen LogP contribution in [-0.4, -0.2) is 53.7 Å². The van der Waals surface area contributed by atoms with Crippen molar-refractivity contribution in [2.24, 2.45) is 5.92 Å². The number of likely N-dealkylation sites (N-methyl/N-ethyl adjacent to an activating group) is 1. The van der Waals surface area contributed by atoms with Crippen molar-refractivity contribution in [3.8, 4) is 11.3 Å². The molecule has 1 atom stereocenters. The maximum atomic E-state index is 11.5. The monoisotopic (exact) mass is 427 g/mol. The van der Waals surface area contributed by atoms with Crippen molar-refractivity contribution in [2.75, 3.05) is 31.6 Å². The number of carbonyl (C=O) groups is 1. The second kappa shape index (κ2) is 8.35. The number of rotatable bonds is 5. The van der Waals surface area contributed by atoms with Gasteiger partial charge in [-0.15, -0.1) is 11.3 Å². The van der Waals surface area contributed by atoms with E-state index in [1.165, 1.54) is 4.88 Å². The van der Waals surface area contributed by atoms with E-state index in [9.17, 15) is 9.90 Å². The van der Waals surface area contributed by atoms with Crippen molar-refractivity contribution < 1.29 is 9.90 Å². The maximum absolute atomic E-state index is 11.5. The highest BCUT2D eigenvalue weighted by molar-refractivity contribution is 7.16. The maximum Gasteiger partial charge on any atom is 0.322 e. The summed E-state index contributed by atoms with van der Waals surface area (Å²) >= 11 is 13.9. The van der Waals surface area contributed by atoms with Gasteiger partial charge in [0, 0.05) is 30.1 Å². The van der Waals surface area contributed by atoms with Crippen LogP contribution in [0.15, 0.2) is 18.2 Å². The van der Waals surface area contributed by atoms with Gasteiger partial charge in [-0.1, -0.05) is 43.1 Å². The number of hydrogen-bond acceptors (Lipinski definition) is 5. The highest BCUT2D eigenvalue weighted by Gasteiger charge is 2.31. The first-order valence-corrected chi connectivity index (χ1v) is 10.5. The van der Waals surface area contributed by atoms with Gasteiger partial charge in [-0.05, 0) is 31.5 Å².